The first-order valence-corrected chi connectivity index (χ1v) is 3.61. The third kappa shape index (κ3) is 2.89. The molecule has 1 N–H and O–H groups in total. The maximum absolute atomic E-state index is 11.1. The second-order valence-corrected chi connectivity index (χ2v) is 3.75. The number of carbonyl (C=O) groups is 2. The summed E-state index contributed by atoms with van der Waals surface area (Å²) >= 11 is 5.30. The molecule has 0 aromatic carbocycles. The van der Waals surface area contributed by atoms with Gasteiger partial charge < -0.3 is 5.11 Å². The van der Waals surface area contributed by atoms with E-state index in [1.807, 2.05) is 0 Å². The lowest BCUT2D eigenvalue weighted by Gasteiger charge is -2.17. The maximum Gasteiger partial charge on any atom is 0.329 e. The summed E-state index contributed by atoms with van der Waals surface area (Å²) in [6.07, 6.45) is 0. The topological polar surface area (TPSA) is 54.4 Å². The number of carboxylic acids is 1. The minimum absolute atomic E-state index is 0.466. The van der Waals surface area contributed by atoms with E-state index in [4.69, 9.17) is 16.7 Å². The predicted molar refractivity (Wildman–Crippen MR) is 41.7 cm³/mol. The van der Waals surface area contributed by atoms with Gasteiger partial charge in [0.1, 0.15) is 0 Å². The van der Waals surface area contributed by atoms with Gasteiger partial charge in [0, 0.05) is 5.41 Å². The average molecular weight is 179 g/mol. The Morgan fingerprint density at radius 3 is 1.82 bits per heavy atom. The van der Waals surface area contributed by atoms with Gasteiger partial charge in [0.15, 0.2) is 11.2 Å². The second kappa shape index (κ2) is 3.22. The molecule has 4 heteroatoms. The van der Waals surface area contributed by atoms with E-state index in [-0.39, 0.29) is 0 Å². The Kier molecular flexibility index (Phi) is 3.05. The molecule has 0 aromatic heterocycles. The Balaban J connectivity index is 4.39. The number of halogens is 1. The molecule has 0 bridgehead atoms. The van der Waals surface area contributed by atoms with Crippen LogP contribution in [0.4, 0.5) is 0 Å². The lowest BCUT2D eigenvalue weighted by atomic mass is 9.89. The third-order valence-electron chi connectivity index (χ3n) is 1.19. The first-order chi connectivity index (χ1) is 4.76. The van der Waals surface area contributed by atoms with Crippen LogP contribution in [0.15, 0.2) is 0 Å². The van der Waals surface area contributed by atoms with E-state index in [0.717, 1.165) is 0 Å². The minimum atomic E-state index is -1.42. The van der Waals surface area contributed by atoms with E-state index < -0.39 is 22.5 Å². The molecule has 1 atom stereocenters. The maximum atomic E-state index is 11.1. The van der Waals surface area contributed by atoms with Crippen LogP contribution in [-0.4, -0.2) is 22.2 Å². The average Bonchev–Trinajstić information content (AvgIpc) is 1.82. The number of carboxylic acid groups (broad SMARTS) is 1. The van der Waals surface area contributed by atoms with Crippen LogP contribution in [0.2, 0.25) is 0 Å². The molecule has 0 heterocycles. The molecule has 0 aliphatic carbocycles. The molecule has 1 unspecified atom stereocenters. The predicted octanol–water partition coefficient (Wildman–Crippen LogP) is 1.29. The highest BCUT2D eigenvalue weighted by molar-refractivity contribution is 6.41. The Labute approximate surface area is 70.3 Å². The minimum Gasteiger partial charge on any atom is -0.480 e. The highest BCUT2D eigenvalue weighted by Gasteiger charge is 2.32. The van der Waals surface area contributed by atoms with E-state index in [1.165, 1.54) is 0 Å². The van der Waals surface area contributed by atoms with Crippen molar-refractivity contribution >= 4 is 23.4 Å². The monoisotopic (exact) mass is 178 g/mol. The SMILES string of the molecule is CC(C)(C)C(=O)C(Cl)C(=O)O. The van der Waals surface area contributed by atoms with Gasteiger partial charge in [-0.2, -0.15) is 0 Å². The van der Waals surface area contributed by atoms with Gasteiger partial charge in [-0.15, -0.1) is 11.6 Å². The van der Waals surface area contributed by atoms with Crippen molar-refractivity contribution in [2.24, 2.45) is 5.41 Å². The zero-order valence-electron chi connectivity index (χ0n) is 6.72. The number of hydrogen-bond acceptors (Lipinski definition) is 2. The Morgan fingerprint density at radius 2 is 1.73 bits per heavy atom. The molecule has 64 valence electrons. The zero-order valence-corrected chi connectivity index (χ0v) is 7.47. The molecule has 3 nitrogen and oxygen atoms in total. The first kappa shape index (κ1) is 10.4. The van der Waals surface area contributed by atoms with Crippen LogP contribution in [-0.2, 0) is 9.59 Å². The van der Waals surface area contributed by atoms with Gasteiger partial charge in [-0.05, 0) is 0 Å². The summed E-state index contributed by atoms with van der Waals surface area (Å²) in [4.78, 5) is 21.3. The fourth-order valence-corrected chi connectivity index (χ4v) is 0.820. The van der Waals surface area contributed by atoms with Crippen LogP contribution in [0.3, 0.4) is 0 Å². The number of Topliss-reactive ketones (excluding diaryl/α,β-unsaturated/α-hetero) is 1. The lowest BCUT2D eigenvalue weighted by molar-refractivity contribution is -0.141. The second-order valence-electron chi connectivity index (χ2n) is 3.32. The van der Waals surface area contributed by atoms with Crippen LogP contribution in [0.25, 0.3) is 0 Å². The van der Waals surface area contributed by atoms with Crippen molar-refractivity contribution in [2.75, 3.05) is 0 Å². The summed E-state index contributed by atoms with van der Waals surface area (Å²) in [7, 11) is 0. The summed E-state index contributed by atoms with van der Waals surface area (Å²) in [5.74, 6) is -1.75. The Hall–Kier alpha value is -0.570. The molecule has 0 aliphatic rings. The van der Waals surface area contributed by atoms with E-state index in [0.29, 0.717) is 0 Å². The molecule has 0 radical (unpaired) electrons. The molecule has 0 amide bonds. The number of alkyl halides is 1. The normalized spacial score (nSPS) is 14.2. The number of hydrogen-bond donors (Lipinski definition) is 1. The third-order valence-corrected chi connectivity index (χ3v) is 1.57. The van der Waals surface area contributed by atoms with Gasteiger partial charge in [-0.3, -0.25) is 9.59 Å². The van der Waals surface area contributed by atoms with Crippen molar-refractivity contribution in [2.45, 2.75) is 26.1 Å². The van der Waals surface area contributed by atoms with Gasteiger partial charge in [0.2, 0.25) is 0 Å². The fourth-order valence-electron chi connectivity index (χ4n) is 0.492. The molecule has 11 heavy (non-hydrogen) atoms. The molecular weight excluding hydrogens is 168 g/mol. The van der Waals surface area contributed by atoms with Gasteiger partial charge in [-0.1, -0.05) is 20.8 Å². The van der Waals surface area contributed by atoms with Crippen molar-refractivity contribution in [1.82, 2.24) is 0 Å². The van der Waals surface area contributed by atoms with E-state index in [1.54, 1.807) is 20.8 Å². The van der Waals surface area contributed by atoms with Gasteiger partial charge in [-0.25, -0.2) is 0 Å². The quantitative estimate of drug-likeness (QED) is 0.512. The van der Waals surface area contributed by atoms with E-state index in [9.17, 15) is 9.59 Å². The van der Waals surface area contributed by atoms with Crippen molar-refractivity contribution in [3.8, 4) is 0 Å². The number of ketones is 1. The van der Waals surface area contributed by atoms with Crippen molar-refractivity contribution < 1.29 is 14.7 Å². The van der Waals surface area contributed by atoms with Crippen LogP contribution in [0.1, 0.15) is 20.8 Å². The highest BCUT2D eigenvalue weighted by atomic mass is 35.5. The molecule has 0 aliphatic heterocycles. The van der Waals surface area contributed by atoms with Gasteiger partial charge in [0.05, 0.1) is 0 Å². The van der Waals surface area contributed by atoms with Gasteiger partial charge in [0.25, 0.3) is 0 Å². The van der Waals surface area contributed by atoms with Crippen LogP contribution in [0, 0.1) is 5.41 Å². The molecule has 0 saturated carbocycles. The molecule has 0 saturated heterocycles. The fraction of sp³-hybridized carbons (Fsp3) is 0.714. The molecule has 0 aromatic rings. The summed E-state index contributed by atoms with van der Waals surface area (Å²) in [6.45, 7) is 4.90. The summed E-state index contributed by atoms with van der Waals surface area (Å²) < 4.78 is 0. The smallest absolute Gasteiger partial charge is 0.329 e. The van der Waals surface area contributed by atoms with Crippen molar-refractivity contribution in [1.29, 1.82) is 0 Å². The van der Waals surface area contributed by atoms with Crippen molar-refractivity contribution in [3.63, 3.8) is 0 Å². The Morgan fingerprint density at radius 1 is 1.36 bits per heavy atom. The van der Waals surface area contributed by atoms with Crippen LogP contribution < -0.4 is 0 Å². The van der Waals surface area contributed by atoms with Crippen LogP contribution >= 0.6 is 11.6 Å². The Bertz CT molecular complexity index is 181. The molecule has 0 spiro atoms. The number of carbonyl (C=O) groups excluding carboxylic acids is 1. The highest BCUT2D eigenvalue weighted by Crippen LogP contribution is 2.19. The first-order valence-electron chi connectivity index (χ1n) is 3.18. The standard InChI is InChI=1S/C7H11ClO3/c1-7(2,3)5(9)4(8)6(10)11/h4H,1-3H3,(H,10,11). The summed E-state index contributed by atoms with van der Waals surface area (Å²) in [6, 6.07) is 0. The molecule has 0 fully saturated rings. The van der Waals surface area contributed by atoms with Crippen molar-refractivity contribution in [3.05, 3.63) is 0 Å². The summed E-state index contributed by atoms with van der Waals surface area (Å²) in [5, 5.41) is 6.94. The summed E-state index contributed by atoms with van der Waals surface area (Å²) in [5.41, 5.74) is -0.690. The lowest BCUT2D eigenvalue weighted by Crippen LogP contribution is -2.34. The van der Waals surface area contributed by atoms with E-state index >= 15 is 0 Å². The molecule has 0 rings (SSSR count). The van der Waals surface area contributed by atoms with Crippen LogP contribution in [0.5, 0.6) is 0 Å². The largest absolute Gasteiger partial charge is 0.480 e. The van der Waals surface area contributed by atoms with E-state index in [2.05, 4.69) is 0 Å². The number of rotatable bonds is 2. The van der Waals surface area contributed by atoms with Gasteiger partial charge >= 0.3 is 5.97 Å². The number of aliphatic carboxylic acids is 1. The zero-order chi connectivity index (χ0) is 9.23. The molecular formula is C7H11ClO3.